The first kappa shape index (κ1) is 23.1. The molecule has 0 bridgehead atoms. The number of fused-ring (bicyclic) bond motifs is 1. The Balaban J connectivity index is 1.96. The Kier molecular flexibility index (Phi) is 8.27. The molecule has 2 N–H and O–H groups in total. The van der Waals surface area contributed by atoms with Gasteiger partial charge in [0.25, 0.3) is 5.56 Å². The van der Waals surface area contributed by atoms with Gasteiger partial charge in [0.05, 0.1) is 19.2 Å². The molecular formula is C22H32N6O3. The zero-order valence-corrected chi connectivity index (χ0v) is 18.5. The van der Waals surface area contributed by atoms with E-state index in [1.165, 1.54) is 0 Å². The van der Waals surface area contributed by atoms with Crippen LogP contribution in [-0.2, 0) is 17.8 Å². The molecule has 3 aromatic rings. The Morgan fingerprint density at radius 3 is 2.90 bits per heavy atom. The number of aliphatic hydroxyl groups excluding tert-OH is 1. The topological polar surface area (TPSA) is 109 Å². The number of aliphatic hydroxyl groups is 1. The van der Waals surface area contributed by atoms with E-state index < -0.39 is 0 Å². The molecule has 0 unspecified atom stereocenters. The molecule has 31 heavy (non-hydrogen) atoms. The molecular weight excluding hydrogens is 396 g/mol. The first-order valence-electron chi connectivity index (χ1n) is 10.8. The number of methoxy groups -OCH3 is 1. The molecule has 1 atom stereocenters. The molecule has 0 saturated heterocycles. The maximum atomic E-state index is 12.8. The number of pyridine rings is 1. The molecule has 2 aromatic heterocycles. The lowest BCUT2D eigenvalue weighted by atomic mass is 10.1. The van der Waals surface area contributed by atoms with Crippen LogP contribution in [-0.4, -0.2) is 62.1 Å². The summed E-state index contributed by atoms with van der Waals surface area (Å²) >= 11 is 0. The smallest absolute Gasteiger partial charge is 0.252 e. The maximum absolute atomic E-state index is 12.8. The molecule has 0 saturated carbocycles. The molecule has 2 heterocycles. The van der Waals surface area contributed by atoms with Crippen LogP contribution in [0.5, 0.6) is 0 Å². The second-order valence-electron chi connectivity index (χ2n) is 7.82. The molecule has 9 heteroatoms. The Morgan fingerprint density at radius 2 is 2.16 bits per heavy atom. The van der Waals surface area contributed by atoms with Crippen molar-refractivity contribution in [2.45, 2.75) is 52.2 Å². The van der Waals surface area contributed by atoms with Gasteiger partial charge in [-0.3, -0.25) is 9.69 Å². The summed E-state index contributed by atoms with van der Waals surface area (Å²) in [5.41, 5.74) is 2.56. The fourth-order valence-corrected chi connectivity index (χ4v) is 3.86. The number of H-pyrrole nitrogens is 1. The molecule has 0 amide bonds. The summed E-state index contributed by atoms with van der Waals surface area (Å²) in [5.74, 6) is 0.755. The van der Waals surface area contributed by atoms with E-state index in [1.807, 2.05) is 25.1 Å². The Bertz CT molecular complexity index is 1030. The number of benzene rings is 1. The Labute approximate surface area is 182 Å². The summed E-state index contributed by atoms with van der Waals surface area (Å²) in [6, 6.07) is 7.88. The summed E-state index contributed by atoms with van der Waals surface area (Å²) < 4.78 is 6.96. The van der Waals surface area contributed by atoms with Crippen molar-refractivity contribution in [2.24, 2.45) is 0 Å². The van der Waals surface area contributed by atoms with Crippen molar-refractivity contribution < 1.29 is 9.84 Å². The molecule has 0 aliphatic rings. The minimum absolute atomic E-state index is 0.0731. The van der Waals surface area contributed by atoms with Gasteiger partial charge >= 0.3 is 0 Å². The quantitative estimate of drug-likeness (QED) is 0.455. The fourth-order valence-electron chi connectivity index (χ4n) is 3.86. The summed E-state index contributed by atoms with van der Waals surface area (Å²) in [7, 11) is 1.65. The Hall–Kier alpha value is -2.62. The van der Waals surface area contributed by atoms with Crippen LogP contribution in [0.4, 0.5) is 0 Å². The highest BCUT2D eigenvalue weighted by molar-refractivity contribution is 5.79. The van der Waals surface area contributed by atoms with Crippen molar-refractivity contribution in [3.05, 3.63) is 51.6 Å². The fraction of sp³-hybridized carbons (Fsp3) is 0.545. The normalized spacial score (nSPS) is 12.7. The molecule has 0 aliphatic heterocycles. The number of nitrogens with zero attached hydrogens (tertiary/aromatic N) is 5. The largest absolute Gasteiger partial charge is 0.396 e. The molecule has 3 rings (SSSR count). The zero-order chi connectivity index (χ0) is 22.2. The lowest BCUT2D eigenvalue weighted by Gasteiger charge is -2.30. The predicted octanol–water partition coefficient (Wildman–Crippen LogP) is 2.20. The molecule has 0 aliphatic carbocycles. The molecule has 1 aromatic carbocycles. The van der Waals surface area contributed by atoms with Gasteiger partial charge in [0.1, 0.15) is 0 Å². The van der Waals surface area contributed by atoms with Crippen molar-refractivity contribution in [1.82, 2.24) is 30.1 Å². The van der Waals surface area contributed by atoms with E-state index in [2.05, 4.69) is 38.4 Å². The average Bonchev–Trinajstić information content (AvgIpc) is 3.22. The van der Waals surface area contributed by atoms with Gasteiger partial charge in [-0.2, -0.15) is 0 Å². The summed E-state index contributed by atoms with van der Waals surface area (Å²) in [6.45, 7) is 6.38. The summed E-state index contributed by atoms with van der Waals surface area (Å²) in [5, 5.41) is 22.8. The highest BCUT2D eigenvalue weighted by Gasteiger charge is 2.26. The number of hydrogen-bond acceptors (Lipinski definition) is 7. The van der Waals surface area contributed by atoms with E-state index in [1.54, 1.807) is 11.8 Å². The van der Waals surface area contributed by atoms with Gasteiger partial charge in [-0.1, -0.05) is 25.0 Å². The highest BCUT2D eigenvalue weighted by Crippen LogP contribution is 2.26. The van der Waals surface area contributed by atoms with Crippen molar-refractivity contribution in [3.8, 4) is 0 Å². The third-order valence-electron chi connectivity index (χ3n) is 5.42. The number of aryl methyl sites for hydroxylation is 1. The number of aromatic nitrogens is 5. The van der Waals surface area contributed by atoms with Gasteiger partial charge in [0, 0.05) is 37.9 Å². The van der Waals surface area contributed by atoms with Crippen LogP contribution in [0.25, 0.3) is 10.9 Å². The number of rotatable bonds is 12. The highest BCUT2D eigenvalue weighted by atomic mass is 16.5. The van der Waals surface area contributed by atoms with Crippen LogP contribution >= 0.6 is 0 Å². The van der Waals surface area contributed by atoms with Crippen molar-refractivity contribution in [3.63, 3.8) is 0 Å². The zero-order valence-electron chi connectivity index (χ0n) is 18.5. The number of aromatic amines is 1. The number of hydrogen-bond donors (Lipinski definition) is 2. The van der Waals surface area contributed by atoms with Crippen molar-refractivity contribution in [2.75, 3.05) is 26.9 Å². The third kappa shape index (κ3) is 5.75. The van der Waals surface area contributed by atoms with Gasteiger partial charge in [-0.15, -0.1) is 5.10 Å². The van der Waals surface area contributed by atoms with E-state index >= 15 is 0 Å². The second kappa shape index (κ2) is 11.1. The van der Waals surface area contributed by atoms with E-state index in [4.69, 9.17) is 4.74 Å². The molecule has 168 valence electrons. The monoisotopic (exact) mass is 428 g/mol. The number of tetrazole rings is 1. The minimum Gasteiger partial charge on any atom is -0.396 e. The van der Waals surface area contributed by atoms with E-state index in [0.29, 0.717) is 38.2 Å². The summed E-state index contributed by atoms with van der Waals surface area (Å²) in [4.78, 5) is 18.0. The standard InChI is InChI=1S/C22H32N6O3/c1-4-6-20(21-24-25-26-28(21)10-12-31-3)27(9-5-11-29)15-18-14-17-13-16(2)7-8-19(17)23-22(18)30/h7-8,13-14,20,29H,4-6,9-12,15H2,1-3H3,(H,23,30)/t20-/m0/s1. The van der Waals surface area contributed by atoms with Gasteiger partial charge in [-0.25, -0.2) is 4.68 Å². The maximum Gasteiger partial charge on any atom is 0.252 e. The van der Waals surface area contributed by atoms with Gasteiger partial charge < -0.3 is 14.8 Å². The lowest BCUT2D eigenvalue weighted by molar-refractivity contribution is 0.141. The Morgan fingerprint density at radius 1 is 1.32 bits per heavy atom. The van der Waals surface area contributed by atoms with E-state index in [0.717, 1.165) is 35.1 Å². The third-order valence-corrected chi connectivity index (χ3v) is 5.42. The SMILES string of the molecule is CCC[C@@H](c1nnnn1CCOC)N(CCCO)Cc1cc2cc(C)ccc2[nH]c1=O. The lowest BCUT2D eigenvalue weighted by Crippen LogP contribution is -2.34. The average molecular weight is 429 g/mol. The number of ether oxygens (including phenoxy) is 1. The predicted molar refractivity (Wildman–Crippen MR) is 119 cm³/mol. The van der Waals surface area contributed by atoms with Gasteiger partial charge in [-0.05, 0) is 53.8 Å². The first-order valence-corrected chi connectivity index (χ1v) is 10.8. The van der Waals surface area contributed by atoms with Crippen LogP contribution in [0.1, 0.15) is 49.2 Å². The van der Waals surface area contributed by atoms with Gasteiger partial charge in [0.2, 0.25) is 0 Å². The summed E-state index contributed by atoms with van der Waals surface area (Å²) in [6.07, 6.45) is 2.37. The van der Waals surface area contributed by atoms with Gasteiger partial charge in [0.15, 0.2) is 5.82 Å². The van der Waals surface area contributed by atoms with Crippen LogP contribution in [0.2, 0.25) is 0 Å². The first-order chi connectivity index (χ1) is 15.1. The van der Waals surface area contributed by atoms with Crippen molar-refractivity contribution >= 4 is 10.9 Å². The van der Waals surface area contributed by atoms with Crippen LogP contribution in [0, 0.1) is 6.92 Å². The van der Waals surface area contributed by atoms with E-state index in [-0.39, 0.29) is 18.2 Å². The van der Waals surface area contributed by atoms with Crippen LogP contribution < -0.4 is 5.56 Å². The van der Waals surface area contributed by atoms with Crippen molar-refractivity contribution in [1.29, 1.82) is 0 Å². The minimum atomic E-state index is -0.0976. The number of nitrogens with one attached hydrogen (secondary N) is 1. The molecule has 0 spiro atoms. The second-order valence-corrected chi connectivity index (χ2v) is 7.82. The van der Waals surface area contributed by atoms with Crippen LogP contribution in [0.3, 0.4) is 0 Å². The molecule has 0 fully saturated rings. The van der Waals surface area contributed by atoms with Crippen LogP contribution in [0.15, 0.2) is 29.1 Å². The molecule has 9 nitrogen and oxygen atoms in total. The van der Waals surface area contributed by atoms with E-state index in [9.17, 15) is 9.90 Å². The molecule has 0 radical (unpaired) electrons.